The Balaban J connectivity index is 1.72. The Hall–Kier alpha value is -4.11. The number of anilines is 3. The van der Waals surface area contributed by atoms with E-state index in [1.165, 1.54) is 13.2 Å². The molecule has 1 saturated carbocycles. The predicted octanol–water partition coefficient (Wildman–Crippen LogP) is 0.0426. The molecule has 0 radical (unpaired) electrons. The molecule has 35 heavy (non-hydrogen) atoms. The molecule has 2 amide bonds. The van der Waals surface area contributed by atoms with Crippen LogP contribution in [0.4, 0.5) is 17.2 Å². The van der Waals surface area contributed by atoms with Gasteiger partial charge in [-0.3, -0.25) is 14.9 Å². The summed E-state index contributed by atoms with van der Waals surface area (Å²) >= 11 is 0. The van der Waals surface area contributed by atoms with Gasteiger partial charge in [-0.25, -0.2) is 4.98 Å². The van der Waals surface area contributed by atoms with E-state index in [1.807, 2.05) is 0 Å². The Morgan fingerprint density at radius 3 is 2.63 bits per heavy atom. The number of para-hydroxylation sites is 1. The number of aliphatic hydroxyl groups is 4. The van der Waals surface area contributed by atoms with Crippen molar-refractivity contribution in [3.63, 3.8) is 0 Å². The van der Waals surface area contributed by atoms with Crippen LogP contribution in [0.3, 0.4) is 0 Å². The number of hydrogen-bond acceptors (Lipinski definition) is 12. The lowest BCUT2D eigenvalue weighted by Crippen LogP contribution is -2.48. The number of aromatic nitrogens is 3. The molecule has 2 heterocycles. The lowest BCUT2D eigenvalue weighted by atomic mass is 10.1. The summed E-state index contributed by atoms with van der Waals surface area (Å²) < 4.78 is 10.4. The zero-order valence-corrected chi connectivity index (χ0v) is 18.3. The molecule has 184 valence electrons. The van der Waals surface area contributed by atoms with Crippen LogP contribution in [-0.4, -0.2) is 60.6 Å². The summed E-state index contributed by atoms with van der Waals surface area (Å²) in [7, 11) is 1.40. The van der Waals surface area contributed by atoms with Crippen molar-refractivity contribution >= 4 is 29.0 Å². The van der Waals surface area contributed by atoms with E-state index >= 15 is 0 Å². The van der Waals surface area contributed by atoms with Gasteiger partial charge in [-0.15, -0.1) is 0 Å². The van der Waals surface area contributed by atoms with Crippen LogP contribution in [0.1, 0.15) is 29.1 Å². The van der Waals surface area contributed by atoms with Gasteiger partial charge in [0, 0.05) is 18.2 Å². The summed E-state index contributed by atoms with van der Waals surface area (Å²) in [6.45, 7) is -0.444. The largest absolute Gasteiger partial charge is 0.494 e. The van der Waals surface area contributed by atoms with E-state index in [2.05, 4.69) is 25.8 Å². The predicted molar refractivity (Wildman–Crippen MR) is 118 cm³/mol. The van der Waals surface area contributed by atoms with Gasteiger partial charge >= 0.3 is 6.10 Å². The van der Waals surface area contributed by atoms with Crippen LogP contribution >= 0.6 is 0 Å². The third-order valence-corrected chi connectivity index (χ3v) is 4.96. The van der Waals surface area contributed by atoms with Gasteiger partial charge in [0.05, 0.1) is 29.6 Å². The fourth-order valence-corrected chi connectivity index (χ4v) is 3.21. The quantitative estimate of drug-likeness (QED) is 0.200. The first-order valence-electron chi connectivity index (χ1n) is 10.4. The number of carbonyl (C=O) groups is 2. The van der Waals surface area contributed by atoms with E-state index in [1.54, 1.807) is 23.5 Å². The van der Waals surface area contributed by atoms with E-state index in [0.717, 1.165) is 19.0 Å². The lowest BCUT2D eigenvalue weighted by molar-refractivity contribution is -0.323. The molecule has 4 rings (SSSR count). The van der Waals surface area contributed by atoms with Gasteiger partial charge in [0.25, 0.3) is 11.8 Å². The summed E-state index contributed by atoms with van der Waals surface area (Å²) in [4.78, 5) is 32.8. The average molecular weight is 486 g/mol. The van der Waals surface area contributed by atoms with E-state index in [4.69, 9.17) is 24.6 Å². The monoisotopic (exact) mass is 486 g/mol. The maximum Gasteiger partial charge on any atom is 0.369 e. The fourth-order valence-electron chi connectivity index (χ4n) is 3.21. The SMILES string of the molecule is COc1c(Nc2cc(NC(=O)C3CC3)ncc2C(=O)NC(O)(O)O)cccc1-c1noc(CO)n1. The number of carbonyl (C=O) groups excluding carboxylic acids is 2. The fraction of sp³-hybridized carbons (Fsp3) is 0.286. The highest BCUT2D eigenvalue weighted by molar-refractivity contribution is 6.02. The Morgan fingerprint density at radius 2 is 2.00 bits per heavy atom. The topological polar surface area (TPSA) is 212 Å². The summed E-state index contributed by atoms with van der Waals surface area (Å²) in [6.07, 6.45) is -0.815. The van der Waals surface area contributed by atoms with Crippen molar-refractivity contribution < 1.29 is 39.3 Å². The molecule has 1 aliphatic rings. The molecule has 14 nitrogen and oxygen atoms in total. The second kappa shape index (κ2) is 9.63. The van der Waals surface area contributed by atoms with Crippen LogP contribution in [0.5, 0.6) is 5.75 Å². The number of ether oxygens (including phenoxy) is 1. The second-order valence-electron chi connectivity index (χ2n) is 7.65. The molecule has 0 aliphatic heterocycles. The minimum atomic E-state index is -3.46. The van der Waals surface area contributed by atoms with E-state index in [0.29, 0.717) is 11.3 Å². The Kier molecular flexibility index (Phi) is 6.61. The Bertz CT molecular complexity index is 1250. The van der Waals surface area contributed by atoms with E-state index in [-0.39, 0.29) is 46.4 Å². The van der Waals surface area contributed by atoms with Crippen LogP contribution in [0.15, 0.2) is 35.0 Å². The molecule has 2 aromatic heterocycles. The minimum absolute atomic E-state index is 0.00467. The van der Waals surface area contributed by atoms with E-state index < -0.39 is 18.6 Å². The number of pyridine rings is 1. The zero-order valence-electron chi connectivity index (χ0n) is 18.3. The van der Waals surface area contributed by atoms with Crippen LogP contribution in [0.2, 0.25) is 0 Å². The van der Waals surface area contributed by atoms with Gasteiger partial charge in [-0.05, 0) is 25.0 Å². The molecule has 0 bridgehead atoms. The van der Waals surface area contributed by atoms with Gasteiger partial charge in [0.1, 0.15) is 12.4 Å². The van der Waals surface area contributed by atoms with E-state index in [9.17, 15) is 14.7 Å². The van der Waals surface area contributed by atoms with Gasteiger partial charge in [-0.2, -0.15) is 4.98 Å². The number of aliphatic hydroxyl groups excluding tert-OH is 1. The summed E-state index contributed by atoms with van der Waals surface area (Å²) in [5.41, 5.74) is 0.643. The van der Waals surface area contributed by atoms with Crippen molar-refractivity contribution in [2.24, 2.45) is 5.92 Å². The number of nitrogens with one attached hydrogen (secondary N) is 3. The highest BCUT2D eigenvalue weighted by Gasteiger charge is 2.30. The third kappa shape index (κ3) is 5.70. The van der Waals surface area contributed by atoms with Crippen molar-refractivity contribution in [3.05, 3.63) is 41.9 Å². The number of hydrogen-bond donors (Lipinski definition) is 7. The van der Waals surface area contributed by atoms with Crippen molar-refractivity contribution in [2.45, 2.75) is 25.5 Å². The zero-order chi connectivity index (χ0) is 25.2. The molecule has 14 heteroatoms. The first-order chi connectivity index (χ1) is 16.7. The molecular weight excluding hydrogens is 464 g/mol. The van der Waals surface area contributed by atoms with Crippen molar-refractivity contribution in [3.8, 4) is 17.1 Å². The number of amides is 2. The normalized spacial score (nSPS) is 13.3. The van der Waals surface area contributed by atoms with Crippen LogP contribution in [0.25, 0.3) is 11.4 Å². The van der Waals surface area contributed by atoms with Crippen LogP contribution < -0.4 is 20.7 Å². The number of benzene rings is 1. The second-order valence-corrected chi connectivity index (χ2v) is 7.65. The smallest absolute Gasteiger partial charge is 0.369 e. The number of methoxy groups -OCH3 is 1. The first-order valence-corrected chi connectivity index (χ1v) is 10.4. The van der Waals surface area contributed by atoms with Crippen LogP contribution in [0, 0.1) is 5.92 Å². The van der Waals surface area contributed by atoms with Crippen molar-refractivity contribution in [1.29, 1.82) is 0 Å². The lowest BCUT2D eigenvalue weighted by Gasteiger charge is -2.19. The molecule has 0 saturated heterocycles. The highest BCUT2D eigenvalue weighted by Crippen LogP contribution is 2.38. The number of nitrogens with zero attached hydrogens (tertiary/aromatic N) is 3. The molecule has 7 N–H and O–H groups in total. The van der Waals surface area contributed by atoms with Gasteiger partial charge < -0.3 is 40.3 Å². The third-order valence-electron chi connectivity index (χ3n) is 4.96. The highest BCUT2D eigenvalue weighted by atomic mass is 16.7. The van der Waals surface area contributed by atoms with Gasteiger partial charge in [-0.1, -0.05) is 11.2 Å². The number of rotatable bonds is 9. The molecule has 1 aliphatic carbocycles. The summed E-state index contributed by atoms with van der Waals surface area (Å²) in [5, 5.41) is 47.7. The maximum absolute atomic E-state index is 12.6. The van der Waals surface area contributed by atoms with Gasteiger partial charge in [0.15, 0.2) is 5.75 Å². The molecule has 1 fully saturated rings. The van der Waals surface area contributed by atoms with Crippen molar-refractivity contribution in [1.82, 2.24) is 20.4 Å². The molecule has 3 aromatic rings. The molecule has 0 spiro atoms. The average Bonchev–Trinajstić information content (AvgIpc) is 3.55. The molecular formula is C21H22N6O8. The Labute approximate surface area is 197 Å². The first kappa shape index (κ1) is 24.0. The molecule has 0 atom stereocenters. The molecule has 1 aromatic carbocycles. The maximum atomic E-state index is 12.6. The summed E-state index contributed by atoms with van der Waals surface area (Å²) in [6, 6.07) is 6.28. The van der Waals surface area contributed by atoms with Gasteiger partial charge in [0.2, 0.25) is 11.7 Å². The van der Waals surface area contributed by atoms with Crippen molar-refractivity contribution in [2.75, 3.05) is 17.7 Å². The Morgan fingerprint density at radius 1 is 1.23 bits per heavy atom. The van der Waals surface area contributed by atoms with Crippen LogP contribution in [-0.2, 0) is 11.4 Å². The standard InChI is InChI=1S/C21H22N6O8/c1-34-17-11(18-25-16(9-28)35-27-18)3-2-4-13(17)23-14-7-15(24-19(29)10-5-6-10)22-8-12(14)20(30)26-21(31,32)33/h2-4,7-8,10,28,31-33H,5-6,9H2,1H3,(H,26,30)(H2,22,23,24,29). The minimum Gasteiger partial charge on any atom is -0.494 e. The molecule has 0 unspecified atom stereocenters. The summed E-state index contributed by atoms with van der Waals surface area (Å²) in [5.74, 6) is -0.832.